The van der Waals surface area contributed by atoms with E-state index in [2.05, 4.69) is 27.4 Å². The number of hydrogen-bond acceptors (Lipinski definition) is 2. The van der Waals surface area contributed by atoms with Crippen LogP contribution in [0.1, 0.15) is 91.4 Å². The number of carboxylic acids is 1. The van der Waals surface area contributed by atoms with Crippen molar-refractivity contribution in [2.24, 2.45) is 22.2 Å². The van der Waals surface area contributed by atoms with E-state index in [1.807, 2.05) is 0 Å². The molecule has 0 unspecified atom stereocenters. The van der Waals surface area contributed by atoms with Gasteiger partial charge in [0.25, 0.3) is 0 Å². The van der Waals surface area contributed by atoms with Gasteiger partial charge < -0.3 is 10.2 Å². The van der Waals surface area contributed by atoms with Crippen molar-refractivity contribution >= 4 is 5.97 Å². The number of aliphatic carboxylic acids is 1. The maximum absolute atomic E-state index is 11.5. The smallest absolute Gasteiger partial charge is 0.303 e. The van der Waals surface area contributed by atoms with Gasteiger partial charge in [-0.25, -0.2) is 0 Å². The zero-order valence-corrected chi connectivity index (χ0v) is 16.4. The molecule has 142 valence electrons. The molecular weight excluding hydrogens is 312 g/mol. The Bertz CT molecular complexity index is 566. The predicted molar refractivity (Wildman–Crippen MR) is 100 cm³/mol. The molecule has 3 fully saturated rings. The molecule has 2 bridgehead atoms. The highest BCUT2D eigenvalue weighted by Crippen LogP contribution is 2.61. The van der Waals surface area contributed by atoms with Crippen LogP contribution in [-0.4, -0.2) is 21.8 Å². The third-order valence-electron chi connectivity index (χ3n) is 8.08. The Hall–Kier alpha value is -0.830. The van der Waals surface area contributed by atoms with E-state index in [1.165, 1.54) is 12.8 Å². The van der Waals surface area contributed by atoms with Crippen LogP contribution in [0.3, 0.4) is 0 Å². The molecule has 2 N–H and O–H groups in total. The molecular formula is C22H36O3. The van der Waals surface area contributed by atoms with E-state index >= 15 is 0 Å². The highest BCUT2D eigenvalue weighted by molar-refractivity contribution is 5.67. The lowest BCUT2D eigenvalue weighted by atomic mass is 9.53. The van der Waals surface area contributed by atoms with Crippen LogP contribution in [0.15, 0.2) is 12.2 Å². The summed E-state index contributed by atoms with van der Waals surface area (Å²) in [6, 6.07) is 0. The van der Waals surface area contributed by atoms with Gasteiger partial charge in [-0.1, -0.05) is 33.8 Å². The lowest BCUT2D eigenvalue weighted by Crippen LogP contribution is -2.44. The minimum Gasteiger partial charge on any atom is -0.481 e. The van der Waals surface area contributed by atoms with Gasteiger partial charge in [0.2, 0.25) is 0 Å². The Morgan fingerprint density at radius 2 is 1.84 bits per heavy atom. The first-order valence-electron chi connectivity index (χ1n) is 10.1. The van der Waals surface area contributed by atoms with Crippen LogP contribution in [0.5, 0.6) is 0 Å². The summed E-state index contributed by atoms with van der Waals surface area (Å²) in [6.07, 6.45) is 10.8. The Labute approximate surface area is 152 Å². The quantitative estimate of drug-likeness (QED) is 0.661. The zero-order chi connectivity index (χ0) is 18.5. The molecule has 0 aliphatic heterocycles. The fraction of sp³-hybridized carbons (Fsp3) is 0.864. The number of fused-ring (bicyclic) bond motifs is 2. The van der Waals surface area contributed by atoms with E-state index in [-0.39, 0.29) is 22.7 Å². The third-order valence-corrected chi connectivity index (χ3v) is 8.08. The Morgan fingerprint density at radius 1 is 1.16 bits per heavy atom. The van der Waals surface area contributed by atoms with Crippen LogP contribution in [0, 0.1) is 22.2 Å². The van der Waals surface area contributed by atoms with E-state index in [9.17, 15) is 15.0 Å². The summed E-state index contributed by atoms with van der Waals surface area (Å²) in [4.78, 5) is 11.5. The van der Waals surface area contributed by atoms with Crippen molar-refractivity contribution < 1.29 is 15.0 Å². The SMILES string of the molecule is C=C1C[C@@]2(CC[C@H]3C(C)(C)CCC[C@@]3(C)CC(=O)O)CCC[C@]1(O)C2. The second-order valence-electron chi connectivity index (χ2n) is 10.5. The second-order valence-corrected chi connectivity index (χ2v) is 10.5. The molecule has 0 saturated heterocycles. The van der Waals surface area contributed by atoms with Crippen molar-refractivity contribution in [1.82, 2.24) is 0 Å². The van der Waals surface area contributed by atoms with Gasteiger partial charge in [-0.05, 0) is 85.5 Å². The van der Waals surface area contributed by atoms with E-state index < -0.39 is 11.6 Å². The molecule has 0 aromatic heterocycles. The van der Waals surface area contributed by atoms with Gasteiger partial charge in [-0.2, -0.15) is 0 Å². The molecule has 4 atom stereocenters. The molecule has 3 saturated carbocycles. The minimum atomic E-state index is -0.662. The Kier molecular flexibility index (Phi) is 4.63. The van der Waals surface area contributed by atoms with Gasteiger partial charge in [0.15, 0.2) is 0 Å². The van der Waals surface area contributed by atoms with E-state index in [0.717, 1.165) is 56.9 Å². The molecule has 25 heavy (non-hydrogen) atoms. The number of rotatable bonds is 5. The van der Waals surface area contributed by atoms with Crippen molar-refractivity contribution in [2.45, 2.75) is 97.0 Å². The van der Waals surface area contributed by atoms with Crippen LogP contribution >= 0.6 is 0 Å². The van der Waals surface area contributed by atoms with Crippen molar-refractivity contribution in [2.75, 3.05) is 0 Å². The van der Waals surface area contributed by atoms with Crippen molar-refractivity contribution in [3.05, 3.63) is 12.2 Å². The maximum atomic E-state index is 11.5. The van der Waals surface area contributed by atoms with Crippen LogP contribution in [-0.2, 0) is 4.79 Å². The summed E-state index contributed by atoms with van der Waals surface area (Å²) in [5, 5.41) is 20.3. The van der Waals surface area contributed by atoms with E-state index in [0.29, 0.717) is 5.92 Å². The van der Waals surface area contributed by atoms with E-state index in [1.54, 1.807) is 0 Å². The summed E-state index contributed by atoms with van der Waals surface area (Å²) in [7, 11) is 0. The number of carboxylic acid groups (broad SMARTS) is 1. The van der Waals surface area contributed by atoms with Gasteiger partial charge in [-0.15, -0.1) is 0 Å². The summed E-state index contributed by atoms with van der Waals surface area (Å²) in [5.41, 5.74) is 0.720. The average molecular weight is 349 g/mol. The van der Waals surface area contributed by atoms with Crippen LogP contribution in [0.2, 0.25) is 0 Å². The Balaban J connectivity index is 1.77. The first-order valence-corrected chi connectivity index (χ1v) is 10.1. The van der Waals surface area contributed by atoms with Crippen LogP contribution < -0.4 is 0 Å². The standard InChI is InChI=1S/C22H36O3/c1-16-13-21(10-6-11-22(16,25)15-21)12-7-17-19(2,3)8-5-9-20(17,4)14-18(23)24/h17,25H,1,5-15H2,2-4H3,(H,23,24)/t17-,20-,21-,22-/m0/s1. The summed E-state index contributed by atoms with van der Waals surface area (Å²) in [6.45, 7) is 11.0. The molecule has 0 heterocycles. The predicted octanol–water partition coefficient (Wildman–Crippen LogP) is 5.33. The second kappa shape index (κ2) is 6.11. The number of aliphatic hydroxyl groups is 1. The molecule has 3 rings (SSSR count). The molecule has 3 aliphatic carbocycles. The summed E-state index contributed by atoms with van der Waals surface area (Å²) in [5.74, 6) is -0.229. The number of carbonyl (C=O) groups is 1. The van der Waals surface area contributed by atoms with Crippen molar-refractivity contribution in [3.8, 4) is 0 Å². The molecule has 0 radical (unpaired) electrons. The molecule has 0 amide bonds. The first-order chi connectivity index (χ1) is 11.5. The van der Waals surface area contributed by atoms with Gasteiger partial charge in [-0.3, -0.25) is 4.79 Å². The molecule has 0 aromatic carbocycles. The molecule has 0 spiro atoms. The van der Waals surface area contributed by atoms with Crippen LogP contribution in [0.25, 0.3) is 0 Å². The van der Waals surface area contributed by atoms with Gasteiger partial charge >= 0.3 is 5.97 Å². The van der Waals surface area contributed by atoms with Crippen molar-refractivity contribution in [3.63, 3.8) is 0 Å². The zero-order valence-electron chi connectivity index (χ0n) is 16.4. The van der Waals surface area contributed by atoms with Gasteiger partial charge in [0, 0.05) is 0 Å². The lowest BCUT2D eigenvalue weighted by molar-refractivity contribution is -0.143. The molecule has 0 aromatic rings. The third kappa shape index (κ3) is 3.41. The molecule has 3 nitrogen and oxygen atoms in total. The Morgan fingerprint density at radius 3 is 2.52 bits per heavy atom. The fourth-order valence-electron chi connectivity index (χ4n) is 6.91. The summed E-state index contributed by atoms with van der Waals surface area (Å²) >= 11 is 0. The largest absolute Gasteiger partial charge is 0.481 e. The van der Waals surface area contributed by atoms with Crippen LogP contribution in [0.4, 0.5) is 0 Å². The van der Waals surface area contributed by atoms with Crippen molar-refractivity contribution in [1.29, 1.82) is 0 Å². The first kappa shape index (κ1) is 18.9. The number of hydrogen-bond donors (Lipinski definition) is 2. The van der Waals surface area contributed by atoms with E-state index in [4.69, 9.17) is 0 Å². The normalized spacial score (nSPS) is 43.2. The highest BCUT2D eigenvalue weighted by atomic mass is 16.4. The highest BCUT2D eigenvalue weighted by Gasteiger charge is 2.54. The summed E-state index contributed by atoms with van der Waals surface area (Å²) < 4.78 is 0. The average Bonchev–Trinajstić information content (AvgIpc) is 2.61. The topological polar surface area (TPSA) is 57.5 Å². The molecule has 3 aliphatic rings. The lowest BCUT2D eigenvalue weighted by Gasteiger charge is -2.52. The van der Waals surface area contributed by atoms with Gasteiger partial charge in [0.05, 0.1) is 12.0 Å². The fourth-order valence-corrected chi connectivity index (χ4v) is 6.91. The minimum absolute atomic E-state index is 0.106. The molecule has 3 heteroatoms. The maximum Gasteiger partial charge on any atom is 0.303 e. The van der Waals surface area contributed by atoms with Gasteiger partial charge in [0.1, 0.15) is 0 Å². The monoisotopic (exact) mass is 348 g/mol.